The second-order valence-electron chi connectivity index (χ2n) is 5.49. The van der Waals surface area contributed by atoms with E-state index >= 15 is 0 Å². The number of esters is 1. The minimum absolute atomic E-state index is 0.135. The van der Waals surface area contributed by atoms with Crippen LogP contribution in [0.3, 0.4) is 0 Å². The summed E-state index contributed by atoms with van der Waals surface area (Å²) in [4.78, 5) is 37.2. The van der Waals surface area contributed by atoms with Gasteiger partial charge in [0.15, 0.2) is 6.61 Å². The van der Waals surface area contributed by atoms with Crippen LogP contribution < -0.4 is 20.3 Å². The SMILES string of the molecule is COc1ccc(Cl)cc1C(=O)NNC(=O)COC(=O)c1ccc(SC)cc1OC. The van der Waals surface area contributed by atoms with Crippen LogP contribution in [-0.2, 0) is 9.53 Å². The van der Waals surface area contributed by atoms with Gasteiger partial charge in [-0.25, -0.2) is 4.79 Å². The van der Waals surface area contributed by atoms with E-state index < -0.39 is 24.4 Å². The molecule has 10 heteroatoms. The highest BCUT2D eigenvalue weighted by Gasteiger charge is 2.17. The molecule has 8 nitrogen and oxygen atoms in total. The maximum atomic E-state index is 12.2. The molecule has 2 aromatic carbocycles. The molecular weight excluding hydrogens is 420 g/mol. The van der Waals surface area contributed by atoms with E-state index in [1.165, 1.54) is 38.1 Å². The number of amides is 2. The van der Waals surface area contributed by atoms with Crippen molar-refractivity contribution in [2.75, 3.05) is 27.1 Å². The first-order chi connectivity index (χ1) is 13.9. The Morgan fingerprint density at radius 1 is 0.966 bits per heavy atom. The van der Waals surface area contributed by atoms with Crippen molar-refractivity contribution in [1.29, 1.82) is 0 Å². The second-order valence-corrected chi connectivity index (χ2v) is 6.81. The summed E-state index contributed by atoms with van der Waals surface area (Å²) >= 11 is 7.37. The molecule has 0 fully saturated rings. The molecule has 0 aliphatic rings. The minimum Gasteiger partial charge on any atom is -0.496 e. The lowest BCUT2D eigenvalue weighted by Gasteiger charge is -2.12. The van der Waals surface area contributed by atoms with Gasteiger partial charge >= 0.3 is 5.97 Å². The average Bonchev–Trinajstić information content (AvgIpc) is 2.75. The zero-order chi connectivity index (χ0) is 21.4. The molecule has 0 spiro atoms. The minimum atomic E-state index is -0.729. The first-order valence-corrected chi connectivity index (χ1v) is 9.81. The van der Waals surface area contributed by atoms with Crippen LogP contribution in [0, 0.1) is 0 Å². The zero-order valence-corrected chi connectivity index (χ0v) is 17.5. The van der Waals surface area contributed by atoms with Crippen molar-refractivity contribution in [2.24, 2.45) is 0 Å². The molecule has 2 amide bonds. The lowest BCUT2D eigenvalue weighted by Crippen LogP contribution is -2.43. The lowest BCUT2D eigenvalue weighted by molar-refractivity contribution is -0.125. The molecule has 2 N–H and O–H groups in total. The van der Waals surface area contributed by atoms with E-state index in [4.69, 9.17) is 25.8 Å². The van der Waals surface area contributed by atoms with Gasteiger partial charge in [0, 0.05) is 9.92 Å². The number of rotatable bonds is 7. The van der Waals surface area contributed by atoms with E-state index in [1.807, 2.05) is 6.26 Å². The van der Waals surface area contributed by atoms with Crippen LogP contribution >= 0.6 is 23.4 Å². The number of carbonyl (C=O) groups excluding carboxylic acids is 3. The fourth-order valence-corrected chi connectivity index (χ4v) is 2.86. The third-order valence-corrected chi connectivity index (χ3v) is 4.65. The van der Waals surface area contributed by atoms with Gasteiger partial charge in [0.25, 0.3) is 11.8 Å². The van der Waals surface area contributed by atoms with Crippen molar-refractivity contribution in [3.05, 3.63) is 52.5 Å². The summed E-state index contributed by atoms with van der Waals surface area (Å²) in [5.74, 6) is -1.48. The molecule has 0 aliphatic carbocycles. The van der Waals surface area contributed by atoms with E-state index in [0.717, 1.165) is 4.90 Å². The predicted molar refractivity (Wildman–Crippen MR) is 109 cm³/mol. The molecule has 2 rings (SSSR count). The van der Waals surface area contributed by atoms with Crippen molar-refractivity contribution in [3.8, 4) is 11.5 Å². The fourth-order valence-electron chi connectivity index (χ4n) is 2.26. The molecule has 0 saturated carbocycles. The van der Waals surface area contributed by atoms with Crippen molar-refractivity contribution < 1.29 is 28.6 Å². The van der Waals surface area contributed by atoms with Gasteiger partial charge in [0.05, 0.1) is 19.8 Å². The van der Waals surface area contributed by atoms with Gasteiger partial charge in [-0.2, -0.15) is 0 Å². The molecule has 0 saturated heterocycles. The van der Waals surface area contributed by atoms with Crippen molar-refractivity contribution in [2.45, 2.75) is 4.90 Å². The summed E-state index contributed by atoms with van der Waals surface area (Å²) in [6.07, 6.45) is 1.89. The van der Waals surface area contributed by atoms with E-state index in [0.29, 0.717) is 10.8 Å². The number of hydrazine groups is 1. The van der Waals surface area contributed by atoms with Crippen LogP contribution in [0.5, 0.6) is 11.5 Å². The van der Waals surface area contributed by atoms with Crippen molar-refractivity contribution >= 4 is 41.1 Å². The highest BCUT2D eigenvalue weighted by molar-refractivity contribution is 7.98. The molecule has 154 valence electrons. The summed E-state index contributed by atoms with van der Waals surface area (Å²) in [6, 6.07) is 9.47. The zero-order valence-electron chi connectivity index (χ0n) is 15.9. The standard InChI is InChI=1S/C19H19ClN2O6S/c1-26-15-7-4-11(20)8-14(15)18(24)22-21-17(23)10-28-19(25)13-6-5-12(29-3)9-16(13)27-2/h4-9H,10H2,1-3H3,(H,21,23)(H,22,24). The quantitative estimate of drug-likeness (QED) is 0.389. The number of methoxy groups -OCH3 is 2. The Hall–Kier alpha value is -2.91. The molecule has 0 radical (unpaired) electrons. The molecular formula is C19H19ClN2O6S. The Kier molecular flexibility index (Phi) is 8.17. The summed E-state index contributed by atoms with van der Waals surface area (Å²) in [5, 5.41) is 0.331. The number of halogens is 1. The molecule has 2 aromatic rings. The molecule has 0 aliphatic heterocycles. The average molecular weight is 439 g/mol. The topological polar surface area (TPSA) is 103 Å². The maximum Gasteiger partial charge on any atom is 0.342 e. The van der Waals surface area contributed by atoms with Crippen LogP contribution in [0.4, 0.5) is 0 Å². The monoisotopic (exact) mass is 438 g/mol. The molecule has 0 unspecified atom stereocenters. The van der Waals surface area contributed by atoms with Gasteiger partial charge in [-0.3, -0.25) is 20.4 Å². The number of hydrogen-bond donors (Lipinski definition) is 2. The predicted octanol–water partition coefficient (Wildman–Crippen LogP) is 2.70. The van der Waals surface area contributed by atoms with Gasteiger partial charge in [-0.05, 0) is 42.7 Å². The number of hydrogen-bond acceptors (Lipinski definition) is 7. The molecule has 0 aromatic heterocycles. The number of thioether (sulfide) groups is 1. The van der Waals surface area contributed by atoms with Crippen LogP contribution in [-0.4, -0.2) is 44.9 Å². The van der Waals surface area contributed by atoms with Crippen LogP contribution in [0.15, 0.2) is 41.3 Å². The number of benzene rings is 2. The smallest absolute Gasteiger partial charge is 0.342 e. The third-order valence-electron chi connectivity index (χ3n) is 3.68. The number of nitrogens with one attached hydrogen (secondary N) is 2. The third kappa shape index (κ3) is 6.03. The summed E-state index contributed by atoms with van der Waals surface area (Å²) in [5.41, 5.74) is 4.68. The lowest BCUT2D eigenvalue weighted by atomic mass is 10.2. The van der Waals surface area contributed by atoms with Gasteiger partial charge < -0.3 is 14.2 Å². The number of ether oxygens (including phenoxy) is 3. The van der Waals surface area contributed by atoms with Gasteiger partial charge in [-0.1, -0.05) is 11.6 Å². The first kappa shape index (κ1) is 22.4. The van der Waals surface area contributed by atoms with Gasteiger partial charge in [0.1, 0.15) is 17.1 Å². The van der Waals surface area contributed by atoms with Crippen molar-refractivity contribution in [1.82, 2.24) is 10.9 Å². The molecule has 0 heterocycles. The molecule has 29 heavy (non-hydrogen) atoms. The Morgan fingerprint density at radius 3 is 2.34 bits per heavy atom. The van der Waals surface area contributed by atoms with Gasteiger partial charge in [0.2, 0.25) is 0 Å². The Labute approximate surface area is 176 Å². The maximum absolute atomic E-state index is 12.2. The van der Waals surface area contributed by atoms with E-state index in [2.05, 4.69) is 10.9 Å². The highest BCUT2D eigenvalue weighted by atomic mass is 35.5. The second kappa shape index (κ2) is 10.6. The first-order valence-electron chi connectivity index (χ1n) is 8.21. The molecule has 0 atom stereocenters. The van der Waals surface area contributed by atoms with Crippen molar-refractivity contribution in [3.63, 3.8) is 0 Å². The van der Waals surface area contributed by atoms with E-state index in [9.17, 15) is 14.4 Å². The van der Waals surface area contributed by atoms with Crippen LogP contribution in [0.25, 0.3) is 0 Å². The molecule has 0 bridgehead atoms. The van der Waals surface area contributed by atoms with Gasteiger partial charge in [-0.15, -0.1) is 11.8 Å². The summed E-state index contributed by atoms with van der Waals surface area (Å²) in [6.45, 7) is -0.598. The number of carbonyl (C=O) groups is 3. The van der Waals surface area contributed by atoms with Crippen LogP contribution in [0.1, 0.15) is 20.7 Å². The summed E-state index contributed by atoms with van der Waals surface area (Å²) < 4.78 is 15.2. The fraction of sp³-hybridized carbons (Fsp3) is 0.211. The van der Waals surface area contributed by atoms with E-state index in [-0.39, 0.29) is 16.9 Å². The normalized spacial score (nSPS) is 10.1. The highest BCUT2D eigenvalue weighted by Crippen LogP contribution is 2.26. The largest absolute Gasteiger partial charge is 0.496 e. The van der Waals surface area contributed by atoms with E-state index in [1.54, 1.807) is 24.3 Å². The Morgan fingerprint density at radius 2 is 1.69 bits per heavy atom. The van der Waals surface area contributed by atoms with Crippen LogP contribution in [0.2, 0.25) is 5.02 Å². The Bertz CT molecular complexity index is 922. The summed E-state index contributed by atoms with van der Waals surface area (Å²) in [7, 11) is 2.83. The Balaban J connectivity index is 1.91.